The minimum atomic E-state index is -0.198. The Morgan fingerprint density at radius 3 is 2.77 bits per heavy atom. The van der Waals surface area contributed by atoms with Crippen molar-refractivity contribution < 1.29 is 14.4 Å². The Hall–Kier alpha value is -2.66. The van der Waals surface area contributed by atoms with Crippen LogP contribution in [0.3, 0.4) is 0 Å². The SMILES string of the molecule is CONCC[C@H](CN1C[C@@H](C)OCc2c(C#N)cc3ccccc3c2C1=O)c1ccc(Cl)c(Cl)c1. The largest absolute Gasteiger partial charge is 0.372 e. The lowest BCUT2D eigenvalue weighted by atomic mass is 9.91. The van der Waals surface area contributed by atoms with Gasteiger partial charge in [0.15, 0.2) is 0 Å². The summed E-state index contributed by atoms with van der Waals surface area (Å²) in [7, 11) is 1.57. The van der Waals surface area contributed by atoms with E-state index in [2.05, 4.69) is 11.5 Å². The van der Waals surface area contributed by atoms with Crippen LogP contribution < -0.4 is 5.48 Å². The van der Waals surface area contributed by atoms with E-state index in [-0.39, 0.29) is 24.5 Å². The molecule has 0 saturated carbocycles. The standard InChI is InChI=1S/C27H27Cl2N3O3/c1-17-14-32(15-20(9-10-31-34-2)18-7-8-24(28)25(29)12-18)27(33)26-22-6-4-3-5-19(22)11-21(13-30)23(26)16-35-17/h3-8,11-12,17,20,31H,9-10,14-16H2,1-2H3/t17-,20-/m1/s1. The van der Waals surface area contributed by atoms with Crippen molar-refractivity contribution in [2.45, 2.75) is 32.0 Å². The van der Waals surface area contributed by atoms with Gasteiger partial charge in [-0.1, -0.05) is 53.5 Å². The summed E-state index contributed by atoms with van der Waals surface area (Å²) in [5.74, 6) is -0.134. The number of hydroxylamine groups is 1. The molecule has 4 rings (SSSR count). The van der Waals surface area contributed by atoms with Crippen LogP contribution in [-0.2, 0) is 16.2 Å². The molecule has 6 nitrogen and oxygen atoms in total. The second kappa shape index (κ2) is 11.4. The van der Waals surface area contributed by atoms with Gasteiger partial charge in [-0.25, -0.2) is 5.48 Å². The molecule has 1 aliphatic heterocycles. The van der Waals surface area contributed by atoms with Crippen LogP contribution in [0.2, 0.25) is 10.0 Å². The molecular weight excluding hydrogens is 485 g/mol. The van der Waals surface area contributed by atoms with Crippen molar-refractivity contribution in [2.75, 3.05) is 26.7 Å². The van der Waals surface area contributed by atoms with Gasteiger partial charge in [0.25, 0.3) is 5.91 Å². The van der Waals surface area contributed by atoms with Gasteiger partial charge < -0.3 is 14.5 Å². The van der Waals surface area contributed by atoms with Crippen molar-refractivity contribution in [3.05, 3.63) is 80.8 Å². The van der Waals surface area contributed by atoms with Crippen LogP contribution in [0.4, 0.5) is 0 Å². The Bertz CT molecular complexity index is 1270. The fourth-order valence-corrected chi connectivity index (χ4v) is 4.91. The Balaban J connectivity index is 1.77. The highest BCUT2D eigenvalue weighted by molar-refractivity contribution is 6.42. The van der Waals surface area contributed by atoms with Crippen molar-refractivity contribution in [3.8, 4) is 6.07 Å². The van der Waals surface area contributed by atoms with E-state index in [0.29, 0.717) is 52.8 Å². The summed E-state index contributed by atoms with van der Waals surface area (Å²) in [5.41, 5.74) is 5.51. The van der Waals surface area contributed by atoms with E-state index in [1.165, 1.54) is 0 Å². The Labute approximate surface area is 215 Å². The molecule has 1 aliphatic rings. The van der Waals surface area contributed by atoms with Gasteiger partial charge in [-0.05, 0) is 47.9 Å². The fourth-order valence-electron chi connectivity index (χ4n) is 4.60. The molecule has 0 fully saturated rings. The average molecular weight is 512 g/mol. The molecule has 1 amide bonds. The maximum atomic E-state index is 14.1. The van der Waals surface area contributed by atoms with Crippen LogP contribution >= 0.6 is 23.2 Å². The number of nitrogens with one attached hydrogen (secondary N) is 1. The van der Waals surface area contributed by atoms with Crippen LogP contribution in [-0.4, -0.2) is 43.7 Å². The summed E-state index contributed by atoms with van der Waals surface area (Å²) in [4.78, 5) is 21.0. The van der Waals surface area contributed by atoms with E-state index in [9.17, 15) is 10.1 Å². The number of nitrogens with zero attached hydrogens (tertiary/aromatic N) is 2. The van der Waals surface area contributed by atoms with Crippen molar-refractivity contribution in [2.24, 2.45) is 0 Å². The highest BCUT2D eigenvalue weighted by atomic mass is 35.5. The number of fused-ring (bicyclic) bond motifs is 3. The molecule has 0 saturated heterocycles. The van der Waals surface area contributed by atoms with Crippen LogP contribution in [0.15, 0.2) is 48.5 Å². The van der Waals surface area contributed by atoms with Crippen LogP contribution in [0.1, 0.15) is 46.3 Å². The fraction of sp³-hybridized carbons (Fsp3) is 0.333. The smallest absolute Gasteiger partial charge is 0.255 e. The van der Waals surface area contributed by atoms with Gasteiger partial charge in [0, 0.05) is 31.1 Å². The number of hydrogen-bond acceptors (Lipinski definition) is 5. The Kier molecular flexibility index (Phi) is 8.27. The molecule has 8 heteroatoms. The summed E-state index contributed by atoms with van der Waals surface area (Å²) in [6.07, 6.45) is 0.507. The zero-order valence-corrected chi connectivity index (χ0v) is 21.2. The topological polar surface area (TPSA) is 74.6 Å². The first kappa shape index (κ1) is 25.4. The van der Waals surface area contributed by atoms with Crippen molar-refractivity contribution >= 4 is 39.9 Å². The van der Waals surface area contributed by atoms with E-state index in [1.807, 2.05) is 54.3 Å². The minimum Gasteiger partial charge on any atom is -0.372 e. The van der Waals surface area contributed by atoms with Crippen molar-refractivity contribution in [1.82, 2.24) is 10.4 Å². The number of carbonyl (C=O) groups excluding carboxylic acids is 1. The first-order valence-corrected chi connectivity index (χ1v) is 12.2. The molecule has 3 aromatic carbocycles. The number of benzene rings is 3. The predicted octanol–water partition coefficient (Wildman–Crippen LogP) is 5.70. The number of hydrogen-bond donors (Lipinski definition) is 1. The molecular formula is C27H27Cl2N3O3. The molecule has 35 heavy (non-hydrogen) atoms. The van der Waals surface area contributed by atoms with E-state index in [4.69, 9.17) is 32.8 Å². The Morgan fingerprint density at radius 2 is 2.03 bits per heavy atom. The molecule has 3 aromatic rings. The molecule has 0 bridgehead atoms. The van der Waals surface area contributed by atoms with Crippen molar-refractivity contribution in [3.63, 3.8) is 0 Å². The van der Waals surface area contributed by atoms with Gasteiger partial charge in [-0.3, -0.25) is 4.79 Å². The van der Waals surface area contributed by atoms with Gasteiger partial charge in [0.1, 0.15) is 0 Å². The number of ether oxygens (including phenoxy) is 1. The molecule has 0 spiro atoms. The molecule has 1 heterocycles. The van der Waals surface area contributed by atoms with Crippen LogP contribution in [0.5, 0.6) is 0 Å². The van der Waals surface area contributed by atoms with E-state index >= 15 is 0 Å². The first-order valence-electron chi connectivity index (χ1n) is 11.5. The lowest BCUT2D eigenvalue weighted by molar-refractivity contribution is 0.0169. The first-order chi connectivity index (χ1) is 16.9. The predicted molar refractivity (Wildman–Crippen MR) is 138 cm³/mol. The van der Waals surface area contributed by atoms with E-state index in [1.54, 1.807) is 13.2 Å². The summed E-state index contributed by atoms with van der Waals surface area (Å²) >= 11 is 12.5. The molecule has 182 valence electrons. The number of rotatable bonds is 7. The highest BCUT2D eigenvalue weighted by Crippen LogP contribution is 2.32. The zero-order valence-electron chi connectivity index (χ0n) is 19.7. The summed E-state index contributed by atoms with van der Waals surface area (Å²) < 4.78 is 6.08. The molecule has 0 aliphatic carbocycles. The normalized spacial score (nSPS) is 16.9. The van der Waals surface area contributed by atoms with Gasteiger partial charge in [0.2, 0.25) is 0 Å². The average Bonchev–Trinajstić information content (AvgIpc) is 2.86. The quantitative estimate of drug-likeness (QED) is 0.325. The maximum absolute atomic E-state index is 14.1. The molecule has 1 N–H and O–H groups in total. The number of nitriles is 1. The van der Waals surface area contributed by atoms with Crippen molar-refractivity contribution in [1.29, 1.82) is 5.26 Å². The van der Waals surface area contributed by atoms with Gasteiger partial charge in [0.05, 0.1) is 47.1 Å². The number of carbonyl (C=O) groups is 1. The third kappa shape index (κ3) is 5.61. The molecule has 0 radical (unpaired) electrons. The lowest BCUT2D eigenvalue weighted by Crippen LogP contribution is -2.42. The van der Waals surface area contributed by atoms with Gasteiger partial charge in [-0.2, -0.15) is 5.26 Å². The summed E-state index contributed by atoms with van der Waals surface area (Å²) in [6, 6.07) is 17.3. The number of amides is 1. The monoisotopic (exact) mass is 511 g/mol. The van der Waals surface area contributed by atoms with E-state index < -0.39 is 0 Å². The molecule has 0 aromatic heterocycles. The zero-order chi connectivity index (χ0) is 24.9. The minimum absolute atomic E-state index is 0.0307. The summed E-state index contributed by atoms with van der Waals surface area (Å²) in [5, 5.41) is 12.5. The Morgan fingerprint density at radius 1 is 1.23 bits per heavy atom. The van der Waals surface area contributed by atoms with Crippen LogP contribution in [0.25, 0.3) is 10.8 Å². The van der Waals surface area contributed by atoms with Gasteiger partial charge >= 0.3 is 0 Å². The van der Waals surface area contributed by atoms with Gasteiger partial charge in [-0.15, -0.1) is 0 Å². The number of halogens is 2. The second-order valence-electron chi connectivity index (χ2n) is 8.70. The third-order valence-corrected chi connectivity index (χ3v) is 7.10. The third-order valence-electron chi connectivity index (χ3n) is 6.36. The molecule has 0 unspecified atom stereocenters. The maximum Gasteiger partial charge on any atom is 0.255 e. The second-order valence-corrected chi connectivity index (χ2v) is 9.51. The van der Waals surface area contributed by atoms with E-state index in [0.717, 1.165) is 16.3 Å². The lowest BCUT2D eigenvalue weighted by Gasteiger charge is -2.33. The summed E-state index contributed by atoms with van der Waals surface area (Å²) in [6.45, 7) is 3.63. The highest BCUT2D eigenvalue weighted by Gasteiger charge is 2.30. The molecule has 2 atom stereocenters. The van der Waals surface area contributed by atoms with Crippen LogP contribution in [0, 0.1) is 11.3 Å².